The first kappa shape index (κ1) is 13.6. The van der Waals surface area contributed by atoms with Gasteiger partial charge in [-0.05, 0) is 30.7 Å². The molecule has 1 saturated carbocycles. The first-order valence-electron chi connectivity index (χ1n) is 6.79. The van der Waals surface area contributed by atoms with Crippen molar-refractivity contribution in [3.05, 3.63) is 17.8 Å². The molecule has 0 saturated heterocycles. The van der Waals surface area contributed by atoms with Crippen LogP contribution in [0.5, 0.6) is 0 Å². The molecule has 2 rings (SSSR count). The van der Waals surface area contributed by atoms with Crippen molar-refractivity contribution in [1.82, 2.24) is 4.98 Å². The van der Waals surface area contributed by atoms with Crippen LogP contribution in [0.2, 0.25) is 0 Å². The zero-order valence-electron chi connectivity index (χ0n) is 11.2. The second-order valence-electron chi connectivity index (χ2n) is 5.48. The minimum absolute atomic E-state index is 0.191. The Morgan fingerprint density at radius 1 is 1.58 bits per heavy atom. The van der Waals surface area contributed by atoms with E-state index in [1.807, 2.05) is 0 Å². The topological polar surface area (TPSA) is 88.2 Å². The largest absolute Gasteiger partial charge is 0.478 e. The normalized spacial score (nSPS) is 23.0. The maximum Gasteiger partial charge on any atom is 0.337 e. The molecule has 19 heavy (non-hydrogen) atoms. The number of nitrogen functional groups attached to an aromatic ring is 1. The number of aromatic nitrogens is 1. The van der Waals surface area contributed by atoms with Crippen LogP contribution in [0.25, 0.3) is 0 Å². The van der Waals surface area contributed by atoms with Crippen LogP contribution in [0.4, 0.5) is 11.5 Å². The fraction of sp³-hybridized carbons (Fsp3) is 0.571. The van der Waals surface area contributed by atoms with Crippen molar-refractivity contribution >= 4 is 17.5 Å². The summed E-state index contributed by atoms with van der Waals surface area (Å²) in [6.45, 7) is 3.08. The lowest BCUT2D eigenvalue weighted by Gasteiger charge is -2.27. The van der Waals surface area contributed by atoms with Crippen molar-refractivity contribution in [2.24, 2.45) is 11.8 Å². The molecule has 0 radical (unpaired) electrons. The molecule has 2 unspecified atom stereocenters. The van der Waals surface area contributed by atoms with E-state index < -0.39 is 5.97 Å². The molecular formula is C14H21N3O2. The van der Waals surface area contributed by atoms with Crippen LogP contribution in [0.3, 0.4) is 0 Å². The number of rotatable bonds is 4. The molecule has 0 aromatic carbocycles. The molecule has 1 aliphatic carbocycles. The minimum atomic E-state index is -0.978. The van der Waals surface area contributed by atoms with Gasteiger partial charge in [-0.15, -0.1) is 0 Å². The van der Waals surface area contributed by atoms with E-state index in [1.165, 1.54) is 37.9 Å². The molecule has 0 bridgehead atoms. The van der Waals surface area contributed by atoms with Crippen LogP contribution in [-0.2, 0) is 0 Å². The third-order valence-electron chi connectivity index (χ3n) is 3.78. The summed E-state index contributed by atoms with van der Waals surface area (Å²) in [6.07, 6.45) is 6.49. The van der Waals surface area contributed by atoms with E-state index in [-0.39, 0.29) is 11.4 Å². The minimum Gasteiger partial charge on any atom is -0.478 e. The Kier molecular flexibility index (Phi) is 4.24. The Hall–Kier alpha value is -1.78. The van der Waals surface area contributed by atoms with Gasteiger partial charge in [-0.3, -0.25) is 0 Å². The molecule has 2 atom stereocenters. The van der Waals surface area contributed by atoms with E-state index in [1.54, 1.807) is 0 Å². The number of nitrogens with two attached hydrogens (primary N) is 1. The van der Waals surface area contributed by atoms with E-state index >= 15 is 0 Å². The molecule has 1 fully saturated rings. The summed E-state index contributed by atoms with van der Waals surface area (Å²) in [5, 5.41) is 12.4. The number of nitrogens with zero attached hydrogens (tertiary/aromatic N) is 1. The first-order valence-corrected chi connectivity index (χ1v) is 6.79. The zero-order valence-corrected chi connectivity index (χ0v) is 11.2. The number of pyridine rings is 1. The number of anilines is 2. The quantitative estimate of drug-likeness (QED) is 0.777. The van der Waals surface area contributed by atoms with Crippen molar-refractivity contribution in [2.75, 3.05) is 17.6 Å². The standard InChI is InChI=1S/C14H21N3O2/c1-9-3-2-4-10(5-9)7-16-12-8-17-13(15)6-11(12)14(18)19/h6,8-10,16H,2-5,7H2,1H3,(H2,15,17)(H,18,19). The fourth-order valence-corrected chi connectivity index (χ4v) is 2.79. The summed E-state index contributed by atoms with van der Waals surface area (Å²) in [5.74, 6) is 0.634. The number of nitrogens with one attached hydrogen (secondary N) is 1. The highest BCUT2D eigenvalue weighted by molar-refractivity contribution is 5.94. The van der Waals surface area contributed by atoms with Gasteiger partial charge in [-0.2, -0.15) is 0 Å². The average Bonchev–Trinajstić information content (AvgIpc) is 2.37. The molecule has 0 amide bonds. The highest BCUT2D eigenvalue weighted by Gasteiger charge is 2.19. The van der Waals surface area contributed by atoms with Crippen LogP contribution >= 0.6 is 0 Å². The second-order valence-corrected chi connectivity index (χ2v) is 5.48. The number of hydrogen-bond donors (Lipinski definition) is 3. The maximum absolute atomic E-state index is 11.2. The second kappa shape index (κ2) is 5.91. The Balaban J connectivity index is 2.01. The van der Waals surface area contributed by atoms with Gasteiger partial charge in [-0.1, -0.05) is 19.8 Å². The molecule has 4 N–H and O–H groups in total. The number of carboxylic acid groups (broad SMARTS) is 1. The summed E-state index contributed by atoms with van der Waals surface area (Å²) in [5.41, 5.74) is 6.27. The smallest absolute Gasteiger partial charge is 0.337 e. The monoisotopic (exact) mass is 263 g/mol. The van der Waals surface area contributed by atoms with Gasteiger partial charge >= 0.3 is 5.97 Å². The Bertz CT molecular complexity index is 462. The van der Waals surface area contributed by atoms with Gasteiger partial charge in [0.15, 0.2) is 0 Å². The van der Waals surface area contributed by atoms with Crippen molar-refractivity contribution in [2.45, 2.75) is 32.6 Å². The molecule has 5 nitrogen and oxygen atoms in total. The van der Waals surface area contributed by atoms with Crippen molar-refractivity contribution in [3.63, 3.8) is 0 Å². The Morgan fingerprint density at radius 3 is 3.05 bits per heavy atom. The Morgan fingerprint density at radius 2 is 2.37 bits per heavy atom. The lowest BCUT2D eigenvalue weighted by Crippen LogP contribution is -2.22. The molecule has 1 aliphatic rings. The molecule has 0 aliphatic heterocycles. The highest BCUT2D eigenvalue weighted by atomic mass is 16.4. The molecule has 1 aromatic heterocycles. The predicted octanol–water partition coefficient (Wildman–Crippen LogP) is 2.60. The van der Waals surface area contributed by atoms with Crippen molar-refractivity contribution < 1.29 is 9.90 Å². The number of hydrogen-bond acceptors (Lipinski definition) is 4. The van der Waals surface area contributed by atoms with E-state index in [0.717, 1.165) is 12.5 Å². The van der Waals surface area contributed by atoms with E-state index in [4.69, 9.17) is 10.8 Å². The summed E-state index contributed by atoms with van der Waals surface area (Å²) >= 11 is 0. The number of carbonyl (C=O) groups is 1. The SMILES string of the molecule is CC1CCCC(CNc2cnc(N)cc2C(=O)O)C1. The lowest BCUT2D eigenvalue weighted by molar-refractivity contribution is 0.0698. The molecule has 5 heteroatoms. The van der Waals surface area contributed by atoms with Gasteiger partial charge in [-0.25, -0.2) is 9.78 Å². The van der Waals surface area contributed by atoms with Crippen molar-refractivity contribution in [1.29, 1.82) is 0 Å². The van der Waals surface area contributed by atoms with Crippen LogP contribution in [0.15, 0.2) is 12.3 Å². The van der Waals surface area contributed by atoms with Gasteiger partial charge in [0.05, 0.1) is 17.4 Å². The molecular weight excluding hydrogens is 242 g/mol. The van der Waals surface area contributed by atoms with Gasteiger partial charge < -0.3 is 16.2 Å². The lowest BCUT2D eigenvalue weighted by atomic mass is 9.82. The van der Waals surface area contributed by atoms with Crippen LogP contribution < -0.4 is 11.1 Å². The molecule has 1 aromatic rings. The highest BCUT2D eigenvalue weighted by Crippen LogP contribution is 2.29. The average molecular weight is 263 g/mol. The number of carboxylic acids is 1. The van der Waals surface area contributed by atoms with Crippen LogP contribution in [0.1, 0.15) is 43.0 Å². The maximum atomic E-state index is 11.2. The van der Waals surface area contributed by atoms with Gasteiger partial charge in [0, 0.05) is 6.54 Å². The van der Waals surface area contributed by atoms with Crippen LogP contribution in [-0.4, -0.2) is 22.6 Å². The molecule has 104 valence electrons. The summed E-state index contributed by atoms with van der Waals surface area (Å²) < 4.78 is 0. The molecule has 0 spiro atoms. The van der Waals surface area contributed by atoms with Gasteiger partial charge in [0.25, 0.3) is 0 Å². The fourth-order valence-electron chi connectivity index (χ4n) is 2.79. The third-order valence-corrected chi connectivity index (χ3v) is 3.78. The van der Waals surface area contributed by atoms with Gasteiger partial charge in [0.2, 0.25) is 0 Å². The predicted molar refractivity (Wildman–Crippen MR) is 75.2 cm³/mol. The molecule has 1 heterocycles. The van der Waals surface area contributed by atoms with Gasteiger partial charge in [0.1, 0.15) is 5.82 Å². The zero-order chi connectivity index (χ0) is 13.8. The van der Waals surface area contributed by atoms with E-state index in [9.17, 15) is 4.79 Å². The Labute approximate surface area is 113 Å². The number of aromatic carboxylic acids is 1. The van der Waals surface area contributed by atoms with Crippen molar-refractivity contribution in [3.8, 4) is 0 Å². The van der Waals surface area contributed by atoms with E-state index in [2.05, 4.69) is 17.2 Å². The van der Waals surface area contributed by atoms with E-state index in [0.29, 0.717) is 11.6 Å². The third kappa shape index (κ3) is 3.59. The van der Waals surface area contributed by atoms with Crippen LogP contribution in [0, 0.1) is 11.8 Å². The summed E-state index contributed by atoms with van der Waals surface area (Å²) in [4.78, 5) is 15.1. The summed E-state index contributed by atoms with van der Waals surface area (Å²) in [6, 6.07) is 1.40. The first-order chi connectivity index (χ1) is 9.06. The summed E-state index contributed by atoms with van der Waals surface area (Å²) in [7, 11) is 0.